The Morgan fingerprint density at radius 3 is 3.31 bits per heavy atom. The maximum Gasteiger partial charge on any atom is 0.116 e. The zero-order valence-corrected chi connectivity index (χ0v) is 7.25. The van der Waals surface area contributed by atoms with E-state index >= 15 is 0 Å². The third-order valence-electron chi connectivity index (χ3n) is 2.14. The van der Waals surface area contributed by atoms with Crippen LogP contribution in [-0.2, 0) is 12.8 Å². The van der Waals surface area contributed by atoms with Crippen molar-refractivity contribution in [2.75, 3.05) is 11.9 Å². The molecule has 0 unspecified atom stereocenters. The van der Waals surface area contributed by atoms with Crippen LogP contribution >= 0.6 is 0 Å². The molecule has 4 nitrogen and oxygen atoms in total. The molecule has 0 saturated heterocycles. The highest BCUT2D eigenvalue weighted by Crippen LogP contribution is 2.22. The smallest absolute Gasteiger partial charge is 0.116 e. The topological polar surface area (TPSA) is 61.6 Å². The van der Waals surface area contributed by atoms with Crippen molar-refractivity contribution in [1.29, 1.82) is 5.26 Å². The number of aryl methyl sites for hydroxylation is 1. The molecule has 1 N–H and O–H groups in total. The predicted molar refractivity (Wildman–Crippen MR) is 48.2 cm³/mol. The van der Waals surface area contributed by atoms with E-state index in [4.69, 9.17) is 5.26 Å². The molecule has 0 amide bonds. The fourth-order valence-electron chi connectivity index (χ4n) is 1.54. The number of anilines is 1. The second kappa shape index (κ2) is 3.40. The van der Waals surface area contributed by atoms with Gasteiger partial charge in [-0.1, -0.05) is 0 Å². The second-order valence-corrected chi connectivity index (χ2v) is 3.01. The summed E-state index contributed by atoms with van der Waals surface area (Å²) in [5.41, 5.74) is 2.86. The number of rotatable bonds is 1. The van der Waals surface area contributed by atoms with Gasteiger partial charge in [0.15, 0.2) is 0 Å². The molecular formula is C9H10N4. The van der Waals surface area contributed by atoms with Crippen molar-refractivity contribution < 1.29 is 0 Å². The lowest BCUT2D eigenvalue weighted by Gasteiger charge is -2.18. The minimum Gasteiger partial charge on any atom is -0.382 e. The lowest BCUT2D eigenvalue weighted by Crippen LogP contribution is -2.16. The van der Waals surface area contributed by atoms with Crippen LogP contribution in [0.5, 0.6) is 0 Å². The number of nitrogens with zero attached hydrogens (tertiary/aromatic N) is 3. The van der Waals surface area contributed by atoms with Gasteiger partial charge in [-0.3, -0.25) is 0 Å². The monoisotopic (exact) mass is 174 g/mol. The summed E-state index contributed by atoms with van der Waals surface area (Å²) in [5.74, 6) is 0. The SMILES string of the molecule is N#CCc1ncnc2c1NCCC2. The van der Waals surface area contributed by atoms with Crippen molar-refractivity contribution in [3.8, 4) is 6.07 Å². The van der Waals surface area contributed by atoms with E-state index in [0.717, 1.165) is 36.5 Å². The van der Waals surface area contributed by atoms with Crippen LogP contribution in [0.15, 0.2) is 6.33 Å². The summed E-state index contributed by atoms with van der Waals surface area (Å²) in [7, 11) is 0. The van der Waals surface area contributed by atoms with Crippen LogP contribution in [0.1, 0.15) is 17.8 Å². The first-order chi connectivity index (χ1) is 6.42. The third kappa shape index (κ3) is 1.45. The summed E-state index contributed by atoms with van der Waals surface area (Å²) in [6.45, 7) is 0.957. The lowest BCUT2D eigenvalue weighted by molar-refractivity contribution is 0.785. The molecule has 13 heavy (non-hydrogen) atoms. The van der Waals surface area contributed by atoms with Crippen molar-refractivity contribution in [2.24, 2.45) is 0 Å². The largest absolute Gasteiger partial charge is 0.382 e. The third-order valence-corrected chi connectivity index (χ3v) is 2.14. The molecule has 1 aliphatic rings. The molecule has 2 heterocycles. The summed E-state index contributed by atoms with van der Waals surface area (Å²) in [6.07, 6.45) is 4.00. The fourth-order valence-corrected chi connectivity index (χ4v) is 1.54. The summed E-state index contributed by atoms with van der Waals surface area (Å²) in [5, 5.41) is 11.8. The lowest BCUT2D eigenvalue weighted by atomic mass is 10.1. The van der Waals surface area contributed by atoms with E-state index in [2.05, 4.69) is 21.4 Å². The van der Waals surface area contributed by atoms with Gasteiger partial charge in [0, 0.05) is 6.54 Å². The van der Waals surface area contributed by atoms with Crippen LogP contribution in [-0.4, -0.2) is 16.5 Å². The van der Waals surface area contributed by atoms with Gasteiger partial charge in [-0.05, 0) is 12.8 Å². The highest BCUT2D eigenvalue weighted by atomic mass is 15.0. The first kappa shape index (κ1) is 7.99. The average molecular weight is 174 g/mol. The van der Waals surface area contributed by atoms with E-state index in [-0.39, 0.29) is 0 Å². The minimum atomic E-state index is 0.359. The van der Waals surface area contributed by atoms with Gasteiger partial charge < -0.3 is 5.32 Å². The standard InChI is InChI=1S/C9H10N4/c10-4-3-8-9-7(12-6-13-8)2-1-5-11-9/h6,11H,1-3,5H2. The Kier molecular flexibility index (Phi) is 2.09. The van der Waals surface area contributed by atoms with Gasteiger partial charge in [-0.15, -0.1) is 0 Å². The molecular weight excluding hydrogens is 164 g/mol. The molecule has 1 aliphatic heterocycles. The van der Waals surface area contributed by atoms with Gasteiger partial charge in [0.25, 0.3) is 0 Å². The van der Waals surface area contributed by atoms with Crippen LogP contribution in [0.4, 0.5) is 5.69 Å². The van der Waals surface area contributed by atoms with E-state index in [0.29, 0.717) is 6.42 Å². The van der Waals surface area contributed by atoms with Gasteiger partial charge in [-0.25, -0.2) is 9.97 Å². The molecule has 0 atom stereocenters. The molecule has 0 aliphatic carbocycles. The molecule has 66 valence electrons. The van der Waals surface area contributed by atoms with Crippen molar-refractivity contribution in [3.05, 3.63) is 17.7 Å². The first-order valence-electron chi connectivity index (χ1n) is 4.35. The van der Waals surface area contributed by atoms with Crippen molar-refractivity contribution in [2.45, 2.75) is 19.3 Å². The van der Waals surface area contributed by atoms with Gasteiger partial charge in [-0.2, -0.15) is 5.26 Å². The molecule has 0 radical (unpaired) electrons. The molecule has 1 aromatic rings. The van der Waals surface area contributed by atoms with Gasteiger partial charge in [0.05, 0.1) is 29.6 Å². The Balaban J connectivity index is 2.41. The van der Waals surface area contributed by atoms with Crippen LogP contribution in [0, 0.1) is 11.3 Å². The van der Waals surface area contributed by atoms with Crippen molar-refractivity contribution in [3.63, 3.8) is 0 Å². The molecule has 4 heteroatoms. The van der Waals surface area contributed by atoms with Crippen LogP contribution in [0.25, 0.3) is 0 Å². The van der Waals surface area contributed by atoms with E-state index in [1.165, 1.54) is 0 Å². The van der Waals surface area contributed by atoms with E-state index < -0.39 is 0 Å². The van der Waals surface area contributed by atoms with Gasteiger partial charge in [0.1, 0.15) is 6.33 Å². The predicted octanol–water partition coefficient (Wildman–Crippen LogP) is 0.901. The molecule has 2 rings (SSSR count). The summed E-state index contributed by atoms with van der Waals surface area (Å²) < 4.78 is 0. The van der Waals surface area contributed by atoms with Crippen LogP contribution in [0.2, 0.25) is 0 Å². The number of nitriles is 1. The number of hydrogen-bond acceptors (Lipinski definition) is 4. The normalized spacial score (nSPS) is 14.1. The van der Waals surface area contributed by atoms with Crippen molar-refractivity contribution >= 4 is 5.69 Å². The molecule has 0 saturated carbocycles. The maximum atomic E-state index is 8.58. The first-order valence-corrected chi connectivity index (χ1v) is 4.35. The Bertz CT molecular complexity index is 353. The van der Waals surface area contributed by atoms with Gasteiger partial charge in [0.2, 0.25) is 0 Å². The van der Waals surface area contributed by atoms with Crippen LogP contribution in [0.3, 0.4) is 0 Å². The van der Waals surface area contributed by atoms with Crippen molar-refractivity contribution in [1.82, 2.24) is 9.97 Å². The molecule has 0 bridgehead atoms. The van der Waals surface area contributed by atoms with E-state index in [1.807, 2.05) is 0 Å². The number of nitrogens with one attached hydrogen (secondary N) is 1. The maximum absolute atomic E-state index is 8.58. The summed E-state index contributed by atoms with van der Waals surface area (Å²) in [4.78, 5) is 8.26. The molecule has 0 aromatic carbocycles. The molecule has 0 spiro atoms. The molecule has 1 aromatic heterocycles. The van der Waals surface area contributed by atoms with Crippen LogP contribution < -0.4 is 5.32 Å². The quantitative estimate of drug-likeness (QED) is 0.687. The number of fused-ring (bicyclic) bond motifs is 1. The Morgan fingerprint density at radius 1 is 1.54 bits per heavy atom. The number of aromatic nitrogens is 2. The fraction of sp³-hybridized carbons (Fsp3) is 0.444. The zero-order chi connectivity index (χ0) is 9.10. The minimum absolute atomic E-state index is 0.359. The summed E-state index contributed by atoms with van der Waals surface area (Å²) >= 11 is 0. The molecule has 0 fully saturated rings. The van der Waals surface area contributed by atoms with E-state index in [1.54, 1.807) is 6.33 Å². The average Bonchev–Trinajstić information content (AvgIpc) is 2.19. The summed E-state index contributed by atoms with van der Waals surface area (Å²) in [6, 6.07) is 2.10. The second-order valence-electron chi connectivity index (χ2n) is 3.01. The Hall–Kier alpha value is -1.63. The Morgan fingerprint density at radius 2 is 2.46 bits per heavy atom. The van der Waals surface area contributed by atoms with Gasteiger partial charge >= 0.3 is 0 Å². The number of hydrogen-bond donors (Lipinski definition) is 1. The zero-order valence-electron chi connectivity index (χ0n) is 7.25. The van der Waals surface area contributed by atoms with E-state index in [9.17, 15) is 0 Å². The Labute approximate surface area is 76.6 Å². The highest BCUT2D eigenvalue weighted by Gasteiger charge is 2.13. The highest BCUT2D eigenvalue weighted by molar-refractivity contribution is 5.54.